The quantitative estimate of drug-likeness (QED) is 0.778. The summed E-state index contributed by atoms with van der Waals surface area (Å²) in [5.41, 5.74) is 8.19. The molecule has 2 aromatic rings. The van der Waals surface area contributed by atoms with Gasteiger partial charge < -0.3 is 5.32 Å². The van der Waals surface area contributed by atoms with Crippen molar-refractivity contribution in [2.45, 2.75) is 26.7 Å². The first-order chi connectivity index (χ1) is 8.75. The Hall–Kier alpha value is -1.76. The van der Waals surface area contributed by atoms with Crippen molar-refractivity contribution in [1.29, 1.82) is 0 Å². The van der Waals surface area contributed by atoms with Gasteiger partial charge in [0.2, 0.25) is 0 Å². The normalized spacial score (nSPS) is 13.9. The number of anilines is 1. The second-order valence-electron chi connectivity index (χ2n) is 5.19. The zero-order valence-electron chi connectivity index (χ0n) is 11.1. The summed E-state index contributed by atoms with van der Waals surface area (Å²) >= 11 is 0. The molecule has 1 aliphatic rings. The molecule has 0 aromatic heterocycles. The Morgan fingerprint density at radius 2 is 1.89 bits per heavy atom. The average Bonchev–Trinajstić information content (AvgIpc) is 2.38. The molecular weight excluding hydrogens is 218 g/mol. The Kier molecular flexibility index (Phi) is 2.83. The van der Waals surface area contributed by atoms with Gasteiger partial charge in [0.15, 0.2) is 0 Å². The molecule has 0 saturated carbocycles. The lowest BCUT2D eigenvalue weighted by atomic mass is 9.92. The number of aryl methyl sites for hydroxylation is 3. The molecule has 18 heavy (non-hydrogen) atoms. The molecule has 1 heterocycles. The molecule has 1 N–H and O–H groups in total. The molecule has 0 atom stereocenters. The Morgan fingerprint density at radius 3 is 2.72 bits per heavy atom. The zero-order chi connectivity index (χ0) is 12.5. The first kappa shape index (κ1) is 11.3. The minimum absolute atomic E-state index is 1.09. The van der Waals surface area contributed by atoms with E-state index in [9.17, 15) is 0 Å². The van der Waals surface area contributed by atoms with E-state index in [-0.39, 0.29) is 0 Å². The van der Waals surface area contributed by atoms with Crippen molar-refractivity contribution in [2.24, 2.45) is 0 Å². The van der Waals surface area contributed by atoms with Crippen LogP contribution in [0.25, 0.3) is 11.1 Å². The third-order valence-electron chi connectivity index (χ3n) is 3.75. The lowest BCUT2D eigenvalue weighted by Crippen LogP contribution is -2.12. The predicted octanol–water partition coefficient (Wildman–Crippen LogP) is 4.33. The van der Waals surface area contributed by atoms with Crippen LogP contribution in [0.3, 0.4) is 0 Å². The van der Waals surface area contributed by atoms with E-state index in [0.29, 0.717) is 0 Å². The number of rotatable bonds is 1. The fourth-order valence-corrected chi connectivity index (χ4v) is 2.85. The standard InChI is InChI=1S/C17H19N/c1-12-8-9-15(13(2)11-12)16-7-3-5-14-6-4-10-18-17(14)16/h3,5,7-9,11,18H,4,6,10H2,1-2H3. The van der Waals surface area contributed by atoms with Crippen LogP contribution in [0.2, 0.25) is 0 Å². The van der Waals surface area contributed by atoms with Crippen LogP contribution in [0.1, 0.15) is 23.1 Å². The van der Waals surface area contributed by atoms with Crippen molar-refractivity contribution < 1.29 is 0 Å². The fourth-order valence-electron chi connectivity index (χ4n) is 2.85. The van der Waals surface area contributed by atoms with Gasteiger partial charge in [0.1, 0.15) is 0 Å². The maximum absolute atomic E-state index is 3.57. The molecule has 0 spiro atoms. The van der Waals surface area contributed by atoms with Gasteiger partial charge in [-0.3, -0.25) is 0 Å². The van der Waals surface area contributed by atoms with E-state index in [1.165, 1.54) is 46.3 Å². The summed E-state index contributed by atoms with van der Waals surface area (Å²) in [6.07, 6.45) is 2.43. The molecule has 0 saturated heterocycles. The lowest BCUT2D eigenvalue weighted by Gasteiger charge is -2.22. The molecule has 0 fully saturated rings. The maximum Gasteiger partial charge on any atom is 0.0452 e. The van der Waals surface area contributed by atoms with E-state index in [2.05, 4.69) is 55.6 Å². The predicted molar refractivity (Wildman–Crippen MR) is 78.2 cm³/mol. The largest absolute Gasteiger partial charge is 0.384 e. The molecule has 0 radical (unpaired) electrons. The third kappa shape index (κ3) is 1.90. The molecule has 3 rings (SSSR count). The van der Waals surface area contributed by atoms with Crippen molar-refractivity contribution in [3.05, 3.63) is 53.1 Å². The summed E-state index contributed by atoms with van der Waals surface area (Å²) in [7, 11) is 0. The van der Waals surface area contributed by atoms with Crippen molar-refractivity contribution in [1.82, 2.24) is 0 Å². The van der Waals surface area contributed by atoms with Crippen molar-refractivity contribution in [3.8, 4) is 11.1 Å². The number of hydrogen-bond acceptors (Lipinski definition) is 1. The van der Waals surface area contributed by atoms with Crippen molar-refractivity contribution in [3.63, 3.8) is 0 Å². The Labute approximate surface area is 109 Å². The van der Waals surface area contributed by atoms with Gasteiger partial charge in [0.05, 0.1) is 0 Å². The summed E-state index contributed by atoms with van der Waals surface area (Å²) < 4.78 is 0. The average molecular weight is 237 g/mol. The second kappa shape index (κ2) is 4.49. The van der Waals surface area contributed by atoms with Crippen LogP contribution in [0.15, 0.2) is 36.4 Å². The smallest absolute Gasteiger partial charge is 0.0452 e. The van der Waals surface area contributed by atoms with Crippen molar-refractivity contribution in [2.75, 3.05) is 11.9 Å². The topological polar surface area (TPSA) is 12.0 Å². The summed E-state index contributed by atoms with van der Waals surface area (Å²) in [6.45, 7) is 5.44. The minimum Gasteiger partial charge on any atom is -0.384 e. The SMILES string of the molecule is Cc1ccc(-c2cccc3c2NCCC3)c(C)c1. The van der Waals surface area contributed by atoms with Crippen LogP contribution in [0.4, 0.5) is 5.69 Å². The number of para-hydroxylation sites is 1. The van der Waals surface area contributed by atoms with Crippen LogP contribution in [-0.2, 0) is 6.42 Å². The zero-order valence-corrected chi connectivity index (χ0v) is 11.1. The lowest BCUT2D eigenvalue weighted by molar-refractivity contribution is 0.831. The Balaban J connectivity index is 2.17. The maximum atomic E-state index is 3.57. The number of hydrogen-bond donors (Lipinski definition) is 1. The van der Waals surface area contributed by atoms with Crippen molar-refractivity contribution >= 4 is 5.69 Å². The molecule has 0 amide bonds. The molecule has 2 aromatic carbocycles. The third-order valence-corrected chi connectivity index (χ3v) is 3.75. The summed E-state index contributed by atoms with van der Waals surface area (Å²) in [5.74, 6) is 0. The minimum atomic E-state index is 1.09. The highest BCUT2D eigenvalue weighted by Crippen LogP contribution is 2.35. The van der Waals surface area contributed by atoms with Gasteiger partial charge in [-0.15, -0.1) is 0 Å². The summed E-state index contributed by atoms with van der Waals surface area (Å²) in [6, 6.07) is 13.4. The van der Waals surface area contributed by atoms with Gasteiger partial charge in [-0.2, -0.15) is 0 Å². The van der Waals surface area contributed by atoms with E-state index >= 15 is 0 Å². The molecule has 0 aliphatic carbocycles. The van der Waals surface area contributed by atoms with Crippen LogP contribution >= 0.6 is 0 Å². The van der Waals surface area contributed by atoms with Gasteiger partial charge in [-0.25, -0.2) is 0 Å². The molecule has 1 aliphatic heterocycles. The molecular formula is C17H19N. The van der Waals surface area contributed by atoms with Gasteiger partial charge in [0.25, 0.3) is 0 Å². The van der Waals surface area contributed by atoms with Gasteiger partial charge in [-0.05, 0) is 43.4 Å². The van der Waals surface area contributed by atoms with Crippen LogP contribution in [0.5, 0.6) is 0 Å². The van der Waals surface area contributed by atoms with Crippen LogP contribution < -0.4 is 5.32 Å². The highest BCUT2D eigenvalue weighted by Gasteiger charge is 2.14. The van der Waals surface area contributed by atoms with Gasteiger partial charge >= 0.3 is 0 Å². The summed E-state index contributed by atoms with van der Waals surface area (Å²) in [5, 5.41) is 3.57. The first-order valence-electron chi connectivity index (χ1n) is 6.69. The van der Waals surface area contributed by atoms with E-state index in [1.54, 1.807) is 0 Å². The summed E-state index contributed by atoms with van der Waals surface area (Å²) in [4.78, 5) is 0. The number of fused-ring (bicyclic) bond motifs is 1. The second-order valence-corrected chi connectivity index (χ2v) is 5.19. The fraction of sp³-hybridized carbons (Fsp3) is 0.294. The van der Waals surface area contributed by atoms with E-state index in [0.717, 1.165) is 6.54 Å². The molecule has 92 valence electrons. The van der Waals surface area contributed by atoms with E-state index in [1.807, 2.05) is 0 Å². The highest BCUT2D eigenvalue weighted by atomic mass is 14.9. The molecule has 0 unspecified atom stereocenters. The molecule has 1 nitrogen and oxygen atoms in total. The van der Waals surface area contributed by atoms with E-state index < -0.39 is 0 Å². The first-order valence-corrected chi connectivity index (χ1v) is 6.69. The van der Waals surface area contributed by atoms with Crippen LogP contribution in [-0.4, -0.2) is 6.54 Å². The van der Waals surface area contributed by atoms with Gasteiger partial charge in [0, 0.05) is 17.8 Å². The highest BCUT2D eigenvalue weighted by molar-refractivity contribution is 5.82. The number of benzene rings is 2. The molecule has 0 bridgehead atoms. The van der Waals surface area contributed by atoms with Gasteiger partial charge in [-0.1, -0.05) is 42.0 Å². The monoisotopic (exact) mass is 237 g/mol. The Morgan fingerprint density at radius 1 is 1.00 bits per heavy atom. The van der Waals surface area contributed by atoms with E-state index in [4.69, 9.17) is 0 Å². The number of nitrogens with one attached hydrogen (secondary N) is 1. The molecule has 1 heteroatoms. The Bertz CT molecular complexity index is 584. The van der Waals surface area contributed by atoms with Crippen LogP contribution in [0, 0.1) is 13.8 Å².